The molecule has 0 spiro atoms. The number of aryl methyl sites for hydroxylation is 1. The standard InChI is InChI=1S/C24H32ClN5O2S/c1-3-30(4-2)16-9-17-33(31,32)29-22(15-14-19-10-6-5-7-11-19)24-26-23(27-28-24)20-12-8-13-21(25)18-20/h5-8,10-13,18,22,29H,3-4,9,14-17H2,1-2H3,(H,26,27,28)/t22-/m1/s1. The van der Waals surface area contributed by atoms with E-state index >= 15 is 0 Å². The largest absolute Gasteiger partial charge is 0.304 e. The van der Waals surface area contributed by atoms with Gasteiger partial charge in [-0.1, -0.05) is 67.9 Å². The number of sulfonamides is 1. The molecular formula is C24H32ClN5O2S. The van der Waals surface area contributed by atoms with Crippen molar-refractivity contribution in [1.82, 2.24) is 24.8 Å². The van der Waals surface area contributed by atoms with Gasteiger partial charge in [0.25, 0.3) is 0 Å². The zero-order valence-corrected chi connectivity index (χ0v) is 20.7. The second-order valence-electron chi connectivity index (χ2n) is 7.95. The van der Waals surface area contributed by atoms with Gasteiger partial charge < -0.3 is 4.90 Å². The molecule has 0 fully saturated rings. The Kier molecular flexibility index (Phi) is 9.43. The van der Waals surface area contributed by atoms with E-state index in [0.717, 1.165) is 30.8 Å². The molecular weight excluding hydrogens is 458 g/mol. The number of H-pyrrole nitrogens is 1. The van der Waals surface area contributed by atoms with E-state index in [4.69, 9.17) is 11.6 Å². The average Bonchev–Trinajstić information content (AvgIpc) is 3.30. The first-order valence-corrected chi connectivity index (χ1v) is 13.4. The van der Waals surface area contributed by atoms with E-state index in [-0.39, 0.29) is 5.75 Å². The van der Waals surface area contributed by atoms with Crippen LogP contribution in [0.5, 0.6) is 0 Å². The summed E-state index contributed by atoms with van der Waals surface area (Å²) in [5.41, 5.74) is 1.91. The summed E-state index contributed by atoms with van der Waals surface area (Å²) in [6.07, 6.45) is 1.84. The van der Waals surface area contributed by atoms with Gasteiger partial charge in [0, 0.05) is 10.6 Å². The van der Waals surface area contributed by atoms with E-state index in [1.165, 1.54) is 0 Å². The lowest BCUT2D eigenvalue weighted by Gasteiger charge is -2.19. The first kappa shape index (κ1) is 25.4. The number of aromatic nitrogens is 3. The van der Waals surface area contributed by atoms with Gasteiger partial charge >= 0.3 is 0 Å². The van der Waals surface area contributed by atoms with E-state index in [0.29, 0.717) is 35.9 Å². The molecule has 0 amide bonds. The van der Waals surface area contributed by atoms with Crippen LogP contribution in [-0.4, -0.2) is 53.9 Å². The number of aromatic amines is 1. The van der Waals surface area contributed by atoms with Crippen LogP contribution in [0.3, 0.4) is 0 Å². The maximum atomic E-state index is 12.9. The molecule has 1 aromatic heterocycles. The molecule has 1 heterocycles. The SMILES string of the molecule is CCN(CC)CCCS(=O)(=O)N[C@H](CCc1ccccc1)c1nc(-c2cccc(Cl)c2)n[nH]1. The van der Waals surface area contributed by atoms with Crippen molar-refractivity contribution in [2.45, 2.75) is 39.2 Å². The third kappa shape index (κ3) is 7.92. The summed E-state index contributed by atoms with van der Waals surface area (Å²) in [6.45, 7) is 6.74. The minimum atomic E-state index is -3.49. The highest BCUT2D eigenvalue weighted by Crippen LogP contribution is 2.23. The van der Waals surface area contributed by atoms with Gasteiger partial charge in [0.1, 0.15) is 5.82 Å². The van der Waals surface area contributed by atoms with Crippen molar-refractivity contribution in [2.24, 2.45) is 0 Å². The molecule has 0 aliphatic heterocycles. The average molecular weight is 490 g/mol. The lowest BCUT2D eigenvalue weighted by molar-refractivity contribution is 0.304. The molecule has 0 saturated heterocycles. The van der Waals surface area contributed by atoms with Crippen LogP contribution in [0.25, 0.3) is 11.4 Å². The Morgan fingerprint density at radius 2 is 1.85 bits per heavy atom. The molecule has 3 rings (SSSR count). The van der Waals surface area contributed by atoms with Gasteiger partial charge in [-0.2, -0.15) is 5.10 Å². The third-order valence-electron chi connectivity index (χ3n) is 5.58. The number of nitrogens with one attached hydrogen (secondary N) is 2. The van der Waals surface area contributed by atoms with Crippen LogP contribution in [0.4, 0.5) is 0 Å². The number of nitrogens with zero attached hydrogens (tertiary/aromatic N) is 3. The van der Waals surface area contributed by atoms with E-state index in [9.17, 15) is 8.42 Å². The third-order valence-corrected chi connectivity index (χ3v) is 7.29. The van der Waals surface area contributed by atoms with Crippen molar-refractivity contribution in [3.63, 3.8) is 0 Å². The summed E-state index contributed by atoms with van der Waals surface area (Å²) >= 11 is 6.10. The number of halogens is 1. The zero-order valence-electron chi connectivity index (χ0n) is 19.2. The number of hydrogen-bond donors (Lipinski definition) is 2. The quantitative estimate of drug-likeness (QED) is 0.370. The van der Waals surface area contributed by atoms with Crippen LogP contribution in [0.15, 0.2) is 54.6 Å². The van der Waals surface area contributed by atoms with Crippen molar-refractivity contribution >= 4 is 21.6 Å². The van der Waals surface area contributed by atoms with Gasteiger partial charge in [-0.15, -0.1) is 0 Å². The molecule has 33 heavy (non-hydrogen) atoms. The highest BCUT2D eigenvalue weighted by Gasteiger charge is 2.23. The van der Waals surface area contributed by atoms with Crippen LogP contribution in [0.1, 0.15) is 44.1 Å². The summed E-state index contributed by atoms with van der Waals surface area (Å²) in [7, 11) is -3.49. The molecule has 0 aliphatic carbocycles. The van der Waals surface area contributed by atoms with E-state index in [1.807, 2.05) is 42.5 Å². The maximum Gasteiger partial charge on any atom is 0.212 e. The lowest BCUT2D eigenvalue weighted by atomic mass is 10.1. The predicted molar refractivity (Wildman–Crippen MR) is 134 cm³/mol. The smallest absolute Gasteiger partial charge is 0.212 e. The van der Waals surface area contributed by atoms with Crippen molar-refractivity contribution < 1.29 is 8.42 Å². The van der Waals surface area contributed by atoms with Crippen LogP contribution >= 0.6 is 11.6 Å². The number of benzene rings is 2. The molecule has 0 saturated carbocycles. The van der Waals surface area contributed by atoms with Crippen LogP contribution in [-0.2, 0) is 16.4 Å². The van der Waals surface area contributed by atoms with E-state index in [2.05, 4.69) is 38.7 Å². The number of hydrogen-bond acceptors (Lipinski definition) is 5. The van der Waals surface area contributed by atoms with Crippen LogP contribution < -0.4 is 4.72 Å². The fourth-order valence-corrected chi connectivity index (χ4v) is 5.17. The van der Waals surface area contributed by atoms with Crippen LogP contribution in [0, 0.1) is 0 Å². The van der Waals surface area contributed by atoms with E-state index < -0.39 is 16.1 Å². The summed E-state index contributed by atoms with van der Waals surface area (Å²) in [5, 5.41) is 7.83. The second kappa shape index (κ2) is 12.3. The van der Waals surface area contributed by atoms with Crippen molar-refractivity contribution in [3.8, 4) is 11.4 Å². The molecule has 0 radical (unpaired) electrons. The lowest BCUT2D eigenvalue weighted by Crippen LogP contribution is -2.33. The Labute approximate surface area is 201 Å². The zero-order chi connectivity index (χ0) is 23.7. The summed E-state index contributed by atoms with van der Waals surface area (Å²) in [6, 6.07) is 16.8. The Bertz CT molecular complexity index is 1100. The van der Waals surface area contributed by atoms with Crippen LogP contribution in [0.2, 0.25) is 5.02 Å². The molecule has 7 nitrogen and oxygen atoms in total. The molecule has 1 atom stereocenters. The van der Waals surface area contributed by atoms with Gasteiger partial charge in [0.05, 0.1) is 11.8 Å². The highest BCUT2D eigenvalue weighted by molar-refractivity contribution is 7.89. The minimum absolute atomic E-state index is 0.0701. The van der Waals surface area contributed by atoms with Crippen molar-refractivity contribution in [1.29, 1.82) is 0 Å². The molecule has 2 N–H and O–H groups in total. The van der Waals surface area contributed by atoms with E-state index in [1.54, 1.807) is 12.1 Å². The monoisotopic (exact) mass is 489 g/mol. The van der Waals surface area contributed by atoms with Gasteiger partial charge in [0.15, 0.2) is 5.82 Å². The topological polar surface area (TPSA) is 91.0 Å². The van der Waals surface area contributed by atoms with Crippen molar-refractivity contribution in [2.75, 3.05) is 25.4 Å². The van der Waals surface area contributed by atoms with Gasteiger partial charge in [-0.25, -0.2) is 18.1 Å². The Morgan fingerprint density at radius 1 is 1.09 bits per heavy atom. The molecule has 178 valence electrons. The minimum Gasteiger partial charge on any atom is -0.304 e. The van der Waals surface area contributed by atoms with Crippen molar-refractivity contribution in [3.05, 3.63) is 71.0 Å². The molecule has 2 aromatic carbocycles. The molecule has 9 heteroatoms. The summed E-state index contributed by atoms with van der Waals surface area (Å²) < 4.78 is 28.7. The van der Waals surface area contributed by atoms with Gasteiger partial charge in [0.2, 0.25) is 10.0 Å². The molecule has 0 unspecified atom stereocenters. The first-order valence-electron chi connectivity index (χ1n) is 11.3. The highest BCUT2D eigenvalue weighted by atomic mass is 35.5. The number of rotatable bonds is 13. The Morgan fingerprint density at radius 3 is 2.55 bits per heavy atom. The molecule has 0 aliphatic rings. The first-order chi connectivity index (χ1) is 15.9. The normalized spacial score (nSPS) is 12.8. The molecule has 0 bridgehead atoms. The molecule has 3 aromatic rings. The Hall–Kier alpha value is -2.26. The van der Waals surface area contributed by atoms with Gasteiger partial charge in [-0.05, 0) is 56.6 Å². The fourth-order valence-electron chi connectivity index (χ4n) is 3.69. The fraction of sp³-hybridized carbons (Fsp3) is 0.417. The predicted octanol–water partition coefficient (Wildman–Crippen LogP) is 4.45. The Balaban J connectivity index is 1.75. The summed E-state index contributed by atoms with van der Waals surface area (Å²) in [4.78, 5) is 6.81. The maximum absolute atomic E-state index is 12.9. The summed E-state index contributed by atoms with van der Waals surface area (Å²) in [5.74, 6) is 1.05. The second-order valence-corrected chi connectivity index (χ2v) is 10.3. The van der Waals surface area contributed by atoms with Gasteiger partial charge in [-0.3, -0.25) is 5.10 Å².